The molecule has 0 unspecified atom stereocenters. The Labute approximate surface area is 126 Å². The van der Waals surface area contributed by atoms with Gasteiger partial charge in [-0.15, -0.1) is 0 Å². The topological polar surface area (TPSA) is 86.2 Å². The van der Waals surface area contributed by atoms with E-state index in [0.29, 0.717) is 0 Å². The van der Waals surface area contributed by atoms with E-state index in [1.54, 1.807) is 0 Å². The van der Waals surface area contributed by atoms with Crippen molar-refractivity contribution in [2.45, 2.75) is 44.9 Å². The van der Waals surface area contributed by atoms with Crippen molar-refractivity contribution >= 4 is 11.7 Å². The number of nitrogens with two attached hydrogens (primary N) is 1. The zero-order valence-electron chi connectivity index (χ0n) is 12.9. The monoisotopic (exact) mass is 290 g/mol. The lowest BCUT2D eigenvalue weighted by Crippen LogP contribution is -2.26. The third-order valence-electron chi connectivity index (χ3n) is 4.08. The number of hydrogen-bond donors (Lipinski definition) is 3. The number of nitrogen functional groups attached to an aromatic ring is 1. The number of aromatic nitrogens is 1. The number of aliphatic hydroxyl groups excluding tert-OH is 1. The molecule has 4 N–H and O–H groups in total. The fourth-order valence-electron chi connectivity index (χ4n) is 2.86. The van der Waals surface area contributed by atoms with Crippen LogP contribution in [0, 0.1) is 5.41 Å². The Bertz CT molecular complexity index is 501. The number of aryl methyl sites for hydroxylation is 2. The van der Waals surface area contributed by atoms with Crippen LogP contribution in [0.3, 0.4) is 0 Å². The Balaban J connectivity index is 2.17. The molecular formula is C16H26N4O. The van der Waals surface area contributed by atoms with Crippen LogP contribution in [0.1, 0.15) is 48.9 Å². The molecule has 0 atom stereocenters. The van der Waals surface area contributed by atoms with Crippen molar-refractivity contribution in [1.82, 2.24) is 4.98 Å². The minimum Gasteiger partial charge on any atom is -0.396 e. The van der Waals surface area contributed by atoms with Gasteiger partial charge in [0.05, 0.1) is 5.56 Å². The highest BCUT2D eigenvalue weighted by Crippen LogP contribution is 2.26. The highest BCUT2D eigenvalue weighted by molar-refractivity contribution is 5.99. The number of nitrogens with one attached hydrogen (secondary N) is 1. The van der Waals surface area contributed by atoms with Gasteiger partial charge in [-0.25, -0.2) is 4.98 Å². The van der Waals surface area contributed by atoms with Crippen molar-refractivity contribution in [1.29, 1.82) is 5.41 Å². The van der Waals surface area contributed by atoms with Crippen molar-refractivity contribution in [3.05, 3.63) is 22.9 Å². The lowest BCUT2D eigenvalue weighted by atomic mass is 9.94. The van der Waals surface area contributed by atoms with Crippen molar-refractivity contribution in [3.8, 4) is 0 Å². The third kappa shape index (κ3) is 3.94. The first-order valence-electron chi connectivity index (χ1n) is 7.82. The summed E-state index contributed by atoms with van der Waals surface area (Å²) in [4.78, 5) is 6.88. The predicted molar refractivity (Wildman–Crippen MR) is 86.1 cm³/mol. The molecular weight excluding hydrogens is 264 g/mol. The smallest absolute Gasteiger partial charge is 0.139 e. The predicted octanol–water partition coefficient (Wildman–Crippen LogP) is 1.84. The molecule has 5 nitrogen and oxygen atoms in total. The molecule has 0 saturated heterocycles. The van der Waals surface area contributed by atoms with Crippen molar-refractivity contribution in [3.63, 3.8) is 0 Å². The minimum atomic E-state index is 0.0908. The summed E-state index contributed by atoms with van der Waals surface area (Å²) in [7, 11) is 2.00. The fraction of sp³-hybridized carbons (Fsp3) is 0.625. The molecule has 0 radical (unpaired) electrons. The zero-order chi connectivity index (χ0) is 15.2. The van der Waals surface area contributed by atoms with E-state index in [0.717, 1.165) is 50.0 Å². The molecule has 1 aliphatic carbocycles. The summed E-state index contributed by atoms with van der Waals surface area (Å²) >= 11 is 0. The fourth-order valence-corrected chi connectivity index (χ4v) is 2.86. The third-order valence-corrected chi connectivity index (χ3v) is 4.08. The van der Waals surface area contributed by atoms with Crippen LogP contribution >= 0.6 is 0 Å². The maximum atomic E-state index is 8.83. The number of anilines is 1. The van der Waals surface area contributed by atoms with Gasteiger partial charge in [0.1, 0.15) is 11.7 Å². The van der Waals surface area contributed by atoms with Gasteiger partial charge in [0.25, 0.3) is 0 Å². The van der Waals surface area contributed by atoms with Gasteiger partial charge >= 0.3 is 0 Å². The second-order valence-corrected chi connectivity index (χ2v) is 5.79. The second kappa shape index (κ2) is 7.41. The van der Waals surface area contributed by atoms with Crippen LogP contribution in [0.25, 0.3) is 0 Å². The van der Waals surface area contributed by atoms with Gasteiger partial charge in [0.2, 0.25) is 0 Å². The first-order chi connectivity index (χ1) is 10.1. The highest BCUT2D eigenvalue weighted by atomic mass is 16.2. The molecule has 21 heavy (non-hydrogen) atoms. The van der Waals surface area contributed by atoms with Crippen molar-refractivity contribution in [2.75, 3.05) is 25.1 Å². The van der Waals surface area contributed by atoms with Gasteiger partial charge in [-0.1, -0.05) is 0 Å². The largest absolute Gasteiger partial charge is 0.396 e. The van der Waals surface area contributed by atoms with Gasteiger partial charge in [-0.05, 0) is 56.6 Å². The molecule has 0 fully saturated rings. The number of rotatable bonds is 7. The Morgan fingerprint density at radius 2 is 2.10 bits per heavy atom. The molecule has 1 aromatic rings. The summed E-state index contributed by atoms with van der Waals surface area (Å²) in [5, 5.41) is 16.6. The summed E-state index contributed by atoms with van der Waals surface area (Å²) in [6, 6.07) is 2.06. The lowest BCUT2D eigenvalue weighted by Gasteiger charge is -2.24. The Morgan fingerprint density at radius 1 is 1.33 bits per heavy atom. The van der Waals surface area contributed by atoms with Gasteiger partial charge < -0.3 is 15.7 Å². The molecule has 0 aromatic carbocycles. The number of unbranched alkanes of at least 4 members (excludes halogenated alkanes) is 2. The number of fused-ring (bicyclic) bond motifs is 1. The maximum Gasteiger partial charge on any atom is 0.139 e. The van der Waals surface area contributed by atoms with Gasteiger partial charge in [-0.3, -0.25) is 5.41 Å². The highest BCUT2D eigenvalue weighted by Gasteiger charge is 2.18. The molecule has 0 aliphatic heterocycles. The SMILES string of the molecule is CN(CCCCCO)c1nc2c(cc1C(=N)N)CCCC2. The number of aliphatic hydroxyl groups is 1. The number of hydrogen-bond acceptors (Lipinski definition) is 4. The Morgan fingerprint density at radius 3 is 2.81 bits per heavy atom. The Kier molecular flexibility index (Phi) is 5.56. The van der Waals surface area contributed by atoms with Crippen LogP contribution in [-0.4, -0.2) is 36.1 Å². The van der Waals surface area contributed by atoms with Gasteiger partial charge in [0, 0.05) is 25.9 Å². The molecule has 0 saturated carbocycles. The summed E-state index contributed by atoms with van der Waals surface area (Å²) in [6.07, 6.45) is 7.31. The molecule has 2 rings (SSSR count). The molecule has 5 heteroatoms. The van der Waals surface area contributed by atoms with Crippen LogP contribution in [0.5, 0.6) is 0 Å². The van der Waals surface area contributed by atoms with Gasteiger partial charge in [0.15, 0.2) is 0 Å². The first kappa shape index (κ1) is 15.8. The van der Waals surface area contributed by atoms with Crippen LogP contribution in [0.15, 0.2) is 6.07 Å². The average Bonchev–Trinajstić information content (AvgIpc) is 2.50. The van der Waals surface area contributed by atoms with Gasteiger partial charge in [-0.2, -0.15) is 0 Å². The van der Waals surface area contributed by atoms with E-state index in [2.05, 4.69) is 11.0 Å². The van der Waals surface area contributed by atoms with E-state index < -0.39 is 0 Å². The zero-order valence-corrected chi connectivity index (χ0v) is 12.9. The minimum absolute atomic E-state index is 0.0908. The first-order valence-corrected chi connectivity index (χ1v) is 7.82. The number of nitrogens with zero attached hydrogens (tertiary/aromatic N) is 2. The van der Waals surface area contributed by atoms with Crippen LogP contribution in [-0.2, 0) is 12.8 Å². The van der Waals surface area contributed by atoms with E-state index in [1.165, 1.54) is 24.1 Å². The summed E-state index contributed by atoms with van der Waals surface area (Å²) < 4.78 is 0. The van der Waals surface area contributed by atoms with E-state index in [9.17, 15) is 0 Å². The Hall–Kier alpha value is -1.62. The molecule has 0 spiro atoms. The number of amidine groups is 1. The molecule has 116 valence electrons. The summed E-state index contributed by atoms with van der Waals surface area (Å²) in [5.74, 6) is 0.917. The molecule has 0 bridgehead atoms. The average molecular weight is 290 g/mol. The van der Waals surface area contributed by atoms with E-state index >= 15 is 0 Å². The van der Waals surface area contributed by atoms with Crippen molar-refractivity contribution in [2.24, 2.45) is 5.73 Å². The van der Waals surface area contributed by atoms with Crippen LogP contribution < -0.4 is 10.6 Å². The molecule has 1 aliphatic rings. The normalized spacial score (nSPS) is 13.8. The molecule has 1 heterocycles. The molecule has 1 aromatic heterocycles. The number of pyridine rings is 1. The van der Waals surface area contributed by atoms with Crippen LogP contribution in [0.4, 0.5) is 5.82 Å². The molecule has 0 amide bonds. The summed E-state index contributed by atoms with van der Waals surface area (Å²) in [5.41, 5.74) is 8.92. The van der Waals surface area contributed by atoms with E-state index in [1.807, 2.05) is 7.05 Å². The van der Waals surface area contributed by atoms with E-state index in [4.69, 9.17) is 21.2 Å². The second-order valence-electron chi connectivity index (χ2n) is 5.79. The van der Waals surface area contributed by atoms with Crippen LogP contribution in [0.2, 0.25) is 0 Å². The van der Waals surface area contributed by atoms with E-state index in [-0.39, 0.29) is 12.4 Å². The quantitative estimate of drug-likeness (QED) is 0.406. The maximum absolute atomic E-state index is 8.83. The van der Waals surface area contributed by atoms with Crippen molar-refractivity contribution < 1.29 is 5.11 Å². The summed E-state index contributed by atoms with van der Waals surface area (Å²) in [6.45, 7) is 1.12. The standard InChI is InChI=1S/C16H26N4O/c1-20(9-5-2-6-10-21)16-13(15(17)18)11-12-7-3-4-8-14(12)19-16/h11,21H,2-10H2,1H3,(H3,17,18). The lowest BCUT2D eigenvalue weighted by molar-refractivity contribution is 0.283.